The summed E-state index contributed by atoms with van der Waals surface area (Å²) in [4.78, 5) is 2.04. The van der Waals surface area contributed by atoms with E-state index in [-0.39, 0.29) is 5.82 Å². The number of nitrogens with zero attached hydrogens (tertiary/aromatic N) is 1. The molecule has 2 nitrogen and oxygen atoms in total. The van der Waals surface area contributed by atoms with Crippen molar-refractivity contribution in [3.63, 3.8) is 0 Å². The molecule has 1 N–H and O–H groups in total. The molecule has 1 aromatic carbocycles. The Hall–Kier alpha value is -1.09. The monoisotopic (exact) mass is 280 g/mol. The van der Waals surface area contributed by atoms with Crippen LogP contribution >= 0.6 is 0 Å². The van der Waals surface area contributed by atoms with Crippen molar-refractivity contribution in [1.29, 1.82) is 0 Å². The zero-order valence-corrected chi connectivity index (χ0v) is 13.7. The highest BCUT2D eigenvalue weighted by Crippen LogP contribution is 2.23. The number of nitrogens with one attached hydrogen (secondary N) is 1. The second-order valence-electron chi connectivity index (χ2n) is 6.41. The van der Waals surface area contributed by atoms with Crippen molar-refractivity contribution in [3.05, 3.63) is 29.6 Å². The number of hydrogen-bond acceptors (Lipinski definition) is 2. The van der Waals surface area contributed by atoms with Crippen molar-refractivity contribution >= 4 is 5.69 Å². The Balaban J connectivity index is 2.76. The van der Waals surface area contributed by atoms with Crippen molar-refractivity contribution in [1.82, 2.24) is 5.32 Å². The van der Waals surface area contributed by atoms with Gasteiger partial charge < -0.3 is 10.2 Å². The second kappa shape index (κ2) is 7.63. The van der Waals surface area contributed by atoms with Gasteiger partial charge in [-0.2, -0.15) is 0 Å². The smallest absolute Gasteiger partial charge is 0.146 e. The van der Waals surface area contributed by atoms with Crippen LogP contribution in [0.4, 0.5) is 10.1 Å². The molecule has 1 aromatic rings. The molecular weight excluding hydrogens is 251 g/mol. The summed E-state index contributed by atoms with van der Waals surface area (Å²) in [6.07, 6.45) is 1.06. The van der Waals surface area contributed by atoms with E-state index < -0.39 is 0 Å². The lowest BCUT2D eigenvalue weighted by atomic mass is 10.0. The Kier molecular flexibility index (Phi) is 6.47. The van der Waals surface area contributed by atoms with Gasteiger partial charge in [0.25, 0.3) is 0 Å². The maximum absolute atomic E-state index is 14.3. The molecule has 0 bridgehead atoms. The third kappa shape index (κ3) is 5.12. The average Bonchev–Trinajstić information content (AvgIpc) is 2.34. The van der Waals surface area contributed by atoms with Crippen LogP contribution in [0, 0.1) is 11.7 Å². The predicted molar refractivity (Wildman–Crippen MR) is 85.7 cm³/mol. The molecular formula is C17H29FN2. The average molecular weight is 280 g/mol. The summed E-state index contributed by atoms with van der Waals surface area (Å²) in [6, 6.07) is 6.29. The summed E-state index contributed by atoms with van der Waals surface area (Å²) < 4.78 is 14.3. The summed E-state index contributed by atoms with van der Waals surface area (Å²) >= 11 is 0. The lowest BCUT2D eigenvalue weighted by molar-refractivity contribution is 0.497. The first-order chi connectivity index (χ1) is 9.31. The van der Waals surface area contributed by atoms with Crippen LogP contribution in [0.5, 0.6) is 0 Å². The van der Waals surface area contributed by atoms with Crippen LogP contribution in [-0.4, -0.2) is 19.1 Å². The molecule has 0 saturated carbocycles. The molecule has 20 heavy (non-hydrogen) atoms. The third-order valence-corrected chi connectivity index (χ3v) is 3.58. The van der Waals surface area contributed by atoms with E-state index in [1.165, 1.54) is 0 Å². The van der Waals surface area contributed by atoms with Gasteiger partial charge in [-0.1, -0.05) is 33.8 Å². The molecule has 0 saturated heterocycles. The van der Waals surface area contributed by atoms with Crippen molar-refractivity contribution in [2.45, 2.75) is 59.7 Å². The minimum absolute atomic E-state index is 0.133. The molecule has 1 unspecified atom stereocenters. The van der Waals surface area contributed by atoms with Crippen LogP contribution in [0.25, 0.3) is 0 Å². The van der Waals surface area contributed by atoms with Gasteiger partial charge in [-0.05, 0) is 37.0 Å². The van der Waals surface area contributed by atoms with Gasteiger partial charge in [-0.15, -0.1) is 0 Å². The molecule has 0 aliphatic carbocycles. The third-order valence-electron chi connectivity index (χ3n) is 3.58. The van der Waals surface area contributed by atoms with Gasteiger partial charge in [0.2, 0.25) is 0 Å². The summed E-state index contributed by atoms with van der Waals surface area (Å²) in [5, 5.41) is 3.31. The Morgan fingerprint density at radius 3 is 2.30 bits per heavy atom. The fourth-order valence-electron chi connectivity index (χ4n) is 2.35. The maximum Gasteiger partial charge on any atom is 0.146 e. The van der Waals surface area contributed by atoms with Crippen molar-refractivity contribution < 1.29 is 4.39 Å². The van der Waals surface area contributed by atoms with Crippen LogP contribution in [0.2, 0.25) is 0 Å². The van der Waals surface area contributed by atoms with E-state index in [4.69, 9.17) is 0 Å². The van der Waals surface area contributed by atoms with E-state index in [2.05, 4.69) is 39.9 Å². The summed E-state index contributed by atoms with van der Waals surface area (Å²) in [7, 11) is 1.97. The second-order valence-corrected chi connectivity index (χ2v) is 6.41. The number of benzene rings is 1. The molecule has 3 heteroatoms. The summed E-state index contributed by atoms with van der Waals surface area (Å²) in [6.45, 7) is 11.4. The van der Waals surface area contributed by atoms with Crippen LogP contribution in [0.15, 0.2) is 18.2 Å². The Morgan fingerprint density at radius 2 is 1.80 bits per heavy atom. The molecule has 0 radical (unpaired) electrons. The number of rotatable bonds is 7. The fraction of sp³-hybridized carbons (Fsp3) is 0.647. The van der Waals surface area contributed by atoms with Crippen LogP contribution in [0.1, 0.15) is 46.6 Å². The minimum Gasteiger partial charge on any atom is -0.370 e. The number of halogens is 1. The lowest BCUT2D eigenvalue weighted by Gasteiger charge is -2.29. The molecule has 0 fully saturated rings. The highest BCUT2D eigenvalue weighted by atomic mass is 19.1. The molecule has 0 heterocycles. The van der Waals surface area contributed by atoms with Crippen molar-refractivity contribution in [3.8, 4) is 0 Å². The van der Waals surface area contributed by atoms with Gasteiger partial charge in [0.05, 0.1) is 5.69 Å². The van der Waals surface area contributed by atoms with E-state index in [1.54, 1.807) is 6.07 Å². The van der Waals surface area contributed by atoms with Gasteiger partial charge in [-0.3, -0.25) is 0 Å². The van der Waals surface area contributed by atoms with E-state index >= 15 is 0 Å². The van der Waals surface area contributed by atoms with E-state index in [1.807, 2.05) is 24.1 Å². The largest absolute Gasteiger partial charge is 0.370 e. The van der Waals surface area contributed by atoms with Crippen molar-refractivity contribution in [2.75, 3.05) is 11.9 Å². The standard InChI is InChI=1S/C17H29FN2/c1-12(2)9-14(5)20(6)17-8-7-15(10-16(17)18)11-19-13(3)4/h7-8,10,12-14,19H,9,11H2,1-6H3. The van der Waals surface area contributed by atoms with E-state index in [0.29, 0.717) is 30.2 Å². The Bertz CT molecular complexity index is 415. The molecule has 0 amide bonds. The summed E-state index contributed by atoms with van der Waals surface area (Å²) in [5.41, 5.74) is 1.68. The van der Waals surface area contributed by atoms with Crippen molar-refractivity contribution in [2.24, 2.45) is 5.92 Å². The molecule has 0 aliphatic heterocycles. The SMILES string of the molecule is CC(C)CC(C)N(C)c1ccc(CNC(C)C)cc1F. The van der Waals surface area contributed by atoms with Crippen LogP contribution < -0.4 is 10.2 Å². The van der Waals surface area contributed by atoms with Gasteiger partial charge in [0, 0.05) is 25.7 Å². The number of hydrogen-bond donors (Lipinski definition) is 1. The van der Waals surface area contributed by atoms with Crippen LogP contribution in [0.3, 0.4) is 0 Å². The zero-order valence-electron chi connectivity index (χ0n) is 13.7. The normalized spacial score (nSPS) is 13.1. The molecule has 1 atom stereocenters. The van der Waals surface area contributed by atoms with E-state index in [9.17, 15) is 4.39 Å². The lowest BCUT2D eigenvalue weighted by Crippen LogP contribution is -2.30. The molecule has 114 valence electrons. The molecule has 0 spiro atoms. The minimum atomic E-state index is -0.133. The topological polar surface area (TPSA) is 15.3 Å². The quantitative estimate of drug-likeness (QED) is 0.805. The highest BCUT2D eigenvalue weighted by molar-refractivity contribution is 5.49. The Morgan fingerprint density at radius 1 is 1.15 bits per heavy atom. The first kappa shape index (κ1) is 17.0. The van der Waals surface area contributed by atoms with Gasteiger partial charge in [0.1, 0.15) is 5.82 Å². The number of anilines is 1. The Labute approximate surface area is 123 Å². The summed E-state index contributed by atoms with van der Waals surface area (Å²) in [5.74, 6) is 0.483. The predicted octanol–water partition coefficient (Wildman–Crippen LogP) is 4.19. The van der Waals surface area contributed by atoms with E-state index in [0.717, 1.165) is 12.0 Å². The van der Waals surface area contributed by atoms with Gasteiger partial charge in [0.15, 0.2) is 0 Å². The first-order valence-electron chi connectivity index (χ1n) is 7.56. The highest BCUT2D eigenvalue weighted by Gasteiger charge is 2.15. The van der Waals surface area contributed by atoms with Crippen LogP contribution in [-0.2, 0) is 6.54 Å². The maximum atomic E-state index is 14.3. The zero-order chi connectivity index (χ0) is 15.3. The first-order valence-corrected chi connectivity index (χ1v) is 7.56. The molecule has 0 aliphatic rings. The van der Waals surface area contributed by atoms with Gasteiger partial charge >= 0.3 is 0 Å². The van der Waals surface area contributed by atoms with Gasteiger partial charge in [-0.25, -0.2) is 4.39 Å². The molecule has 1 rings (SSSR count). The fourth-order valence-corrected chi connectivity index (χ4v) is 2.35. The molecule has 0 aromatic heterocycles.